The molecule has 0 aliphatic heterocycles. The Bertz CT molecular complexity index is 366. The zero-order chi connectivity index (χ0) is 10.7. The summed E-state index contributed by atoms with van der Waals surface area (Å²) in [6, 6.07) is 3.85. The summed E-state index contributed by atoms with van der Waals surface area (Å²) < 4.78 is 0. The molecule has 0 saturated heterocycles. The molecule has 0 fully saturated rings. The fraction of sp³-hybridized carbons (Fsp3) is 0.250. The van der Waals surface area contributed by atoms with Crippen LogP contribution in [-0.2, 0) is 0 Å². The molecule has 0 aliphatic carbocycles. The lowest BCUT2D eigenvalue weighted by atomic mass is 9.96. The van der Waals surface area contributed by atoms with Gasteiger partial charge in [-0.25, -0.2) is 0 Å². The lowest BCUT2D eigenvalue weighted by Gasteiger charge is -2.12. The van der Waals surface area contributed by atoms with Crippen molar-refractivity contribution in [1.29, 1.82) is 0 Å². The van der Waals surface area contributed by atoms with Gasteiger partial charge in [0.05, 0.1) is 10.7 Å². The molecule has 2 heteroatoms. The Balaban J connectivity index is 3.20. The van der Waals surface area contributed by atoms with Gasteiger partial charge in [0, 0.05) is 11.8 Å². The number of pyridine rings is 1. The maximum absolute atomic E-state index is 5.86. The van der Waals surface area contributed by atoms with Gasteiger partial charge in [0.1, 0.15) is 0 Å². The van der Waals surface area contributed by atoms with Crippen molar-refractivity contribution in [2.75, 3.05) is 0 Å². The number of rotatable bonds is 3. The standard InChI is InChI=1S/C12H14ClN/c1-8(2)9(3)11-6-5-7-14-12(11)10(4)13/h5-8H,3-4H2,1-2H3. The van der Waals surface area contributed by atoms with Crippen molar-refractivity contribution < 1.29 is 0 Å². The van der Waals surface area contributed by atoms with Gasteiger partial charge in [-0.15, -0.1) is 0 Å². The highest BCUT2D eigenvalue weighted by atomic mass is 35.5. The van der Waals surface area contributed by atoms with E-state index in [0.717, 1.165) is 16.8 Å². The summed E-state index contributed by atoms with van der Waals surface area (Å²) in [6.07, 6.45) is 1.71. The molecule has 0 N–H and O–H groups in total. The van der Waals surface area contributed by atoms with E-state index in [0.29, 0.717) is 11.0 Å². The van der Waals surface area contributed by atoms with E-state index < -0.39 is 0 Å². The SMILES string of the molecule is C=C(Cl)c1ncccc1C(=C)C(C)C. The molecule has 0 unspecified atom stereocenters. The molecule has 0 atom stereocenters. The van der Waals surface area contributed by atoms with Crippen LogP contribution in [-0.4, -0.2) is 4.98 Å². The monoisotopic (exact) mass is 207 g/mol. The largest absolute Gasteiger partial charge is 0.255 e. The van der Waals surface area contributed by atoms with E-state index in [4.69, 9.17) is 11.6 Å². The van der Waals surface area contributed by atoms with Gasteiger partial charge >= 0.3 is 0 Å². The molecule has 1 nitrogen and oxygen atoms in total. The molecule has 0 aliphatic rings. The number of nitrogens with zero attached hydrogens (tertiary/aromatic N) is 1. The van der Waals surface area contributed by atoms with Crippen LogP contribution in [0.25, 0.3) is 10.6 Å². The van der Waals surface area contributed by atoms with Crippen LogP contribution in [0.5, 0.6) is 0 Å². The second-order valence-corrected chi connectivity index (χ2v) is 3.94. The van der Waals surface area contributed by atoms with Gasteiger partial charge in [0.25, 0.3) is 0 Å². The van der Waals surface area contributed by atoms with E-state index in [9.17, 15) is 0 Å². The Morgan fingerprint density at radius 3 is 2.57 bits per heavy atom. The Kier molecular flexibility index (Phi) is 3.48. The minimum atomic E-state index is 0.383. The van der Waals surface area contributed by atoms with Gasteiger partial charge < -0.3 is 0 Å². The van der Waals surface area contributed by atoms with Crippen LogP contribution in [0.15, 0.2) is 31.5 Å². The van der Waals surface area contributed by atoms with Crippen LogP contribution in [0.1, 0.15) is 25.1 Å². The van der Waals surface area contributed by atoms with Crippen LogP contribution in [0.4, 0.5) is 0 Å². The molecule has 1 heterocycles. The summed E-state index contributed by atoms with van der Waals surface area (Å²) in [5.74, 6) is 0.383. The third kappa shape index (κ3) is 2.24. The topological polar surface area (TPSA) is 12.9 Å². The third-order valence-electron chi connectivity index (χ3n) is 2.11. The van der Waals surface area contributed by atoms with Crippen molar-refractivity contribution in [3.8, 4) is 0 Å². The highest BCUT2D eigenvalue weighted by Gasteiger charge is 2.10. The van der Waals surface area contributed by atoms with Gasteiger partial charge in [-0.2, -0.15) is 0 Å². The molecule has 1 rings (SSSR count). The highest BCUT2D eigenvalue weighted by Crippen LogP contribution is 2.27. The van der Waals surface area contributed by atoms with Crippen LogP contribution < -0.4 is 0 Å². The Morgan fingerprint density at radius 2 is 2.07 bits per heavy atom. The van der Waals surface area contributed by atoms with E-state index in [2.05, 4.69) is 32.0 Å². The summed E-state index contributed by atoms with van der Waals surface area (Å²) >= 11 is 5.86. The van der Waals surface area contributed by atoms with Crippen LogP contribution in [0, 0.1) is 5.92 Å². The first-order chi connectivity index (χ1) is 6.54. The molecule has 1 aromatic rings. The molecular weight excluding hydrogens is 194 g/mol. The minimum Gasteiger partial charge on any atom is -0.255 e. The van der Waals surface area contributed by atoms with E-state index in [-0.39, 0.29) is 0 Å². The fourth-order valence-electron chi connectivity index (χ4n) is 1.19. The van der Waals surface area contributed by atoms with Crippen molar-refractivity contribution in [3.63, 3.8) is 0 Å². The molecule has 74 valence electrons. The molecule has 0 spiro atoms. The number of halogens is 1. The minimum absolute atomic E-state index is 0.383. The van der Waals surface area contributed by atoms with E-state index in [1.54, 1.807) is 6.20 Å². The smallest absolute Gasteiger partial charge is 0.0884 e. The summed E-state index contributed by atoms with van der Waals surface area (Å²) in [6.45, 7) is 11.9. The number of hydrogen-bond acceptors (Lipinski definition) is 1. The highest BCUT2D eigenvalue weighted by molar-refractivity contribution is 6.48. The molecule has 0 amide bonds. The average Bonchev–Trinajstić information content (AvgIpc) is 2.16. The van der Waals surface area contributed by atoms with Gasteiger partial charge in [-0.05, 0) is 17.6 Å². The maximum atomic E-state index is 5.86. The van der Waals surface area contributed by atoms with E-state index >= 15 is 0 Å². The van der Waals surface area contributed by atoms with E-state index in [1.165, 1.54) is 0 Å². The first-order valence-electron chi connectivity index (χ1n) is 4.53. The molecule has 0 aromatic carbocycles. The quantitative estimate of drug-likeness (QED) is 0.731. The number of aromatic nitrogens is 1. The maximum Gasteiger partial charge on any atom is 0.0884 e. The second-order valence-electron chi connectivity index (χ2n) is 3.48. The summed E-state index contributed by atoms with van der Waals surface area (Å²) in [5.41, 5.74) is 2.75. The predicted molar refractivity (Wildman–Crippen MR) is 63.0 cm³/mol. The third-order valence-corrected chi connectivity index (χ3v) is 2.29. The zero-order valence-electron chi connectivity index (χ0n) is 8.55. The predicted octanol–water partition coefficient (Wildman–Crippen LogP) is 3.96. The van der Waals surface area contributed by atoms with Crippen LogP contribution in [0.2, 0.25) is 0 Å². The Labute approximate surface area is 90.1 Å². The van der Waals surface area contributed by atoms with Crippen molar-refractivity contribution in [1.82, 2.24) is 4.98 Å². The van der Waals surface area contributed by atoms with E-state index in [1.807, 2.05) is 12.1 Å². The van der Waals surface area contributed by atoms with Gasteiger partial charge in [-0.3, -0.25) is 4.98 Å². The number of hydrogen-bond donors (Lipinski definition) is 0. The number of allylic oxidation sites excluding steroid dienone is 1. The van der Waals surface area contributed by atoms with Crippen molar-refractivity contribution in [3.05, 3.63) is 42.7 Å². The first kappa shape index (κ1) is 11.0. The lowest BCUT2D eigenvalue weighted by molar-refractivity contribution is 0.856. The Morgan fingerprint density at radius 1 is 1.43 bits per heavy atom. The first-order valence-corrected chi connectivity index (χ1v) is 4.90. The second kappa shape index (κ2) is 4.43. The van der Waals surface area contributed by atoms with Crippen molar-refractivity contribution >= 4 is 22.2 Å². The van der Waals surface area contributed by atoms with Crippen molar-refractivity contribution in [2.45, 2.75) is 13.8 Å². The molecule has 0 bridgehead atoms. The Hall–Kier alpha value is -1.08. The van der Waals surface area contributed by atoms with Crippen LogP contribution in [0.3, 0.4) is 0 Å². The molecular formula is C12H14ClN. The normalized spacial score (nSPS) is 10.3. The molecule has 0 saturated carbocycles. The lowest BCUT2D eigenvalue weighted by Crippen LogP contribution is -1.97. The fourth-order valence-corrected chi connectivity index (χ4v) is 1.34. The van der Waals surface area contributed by atoms with Crippen LogP contribution >= 0.6 is 11.6 Å². The molecule has 14 heavy (non-hydrogen) atoms. The summed E-state index contributed by atoms with van der Waals surface area (Å²) in [7, 11) is 0. The molecule has 0 radical (unpaired) electrons. The summed E-state index contributed by atoms with van der Waals surface area (Å²) in [5, 5.41) is 0.461. The van der Waals surface area contributed by atoms with Gasteiger partial charge in [-0.1, -0.05) is 44.7 Å². The zero-order valence-corrected chi connectivity index (χ0v) is 9.30. The average molecular weight is 208 g/mol. The molecule has 1 aromatic heterocycles. The summed E-state index contributed by atoms with van der Waals surface area (Å²) in [4.78, 5) is 4.19. The van der Waals surface area contributed by atoms with Gasteiger partial charge in [0.2, 0.25) is 0 Å². The van der Waals surface area contributed by atoms with Gasteiger partial charge in [0.15, 0.2) is 0 Å². The van der Waals surface area contributed by atoms with Crippen molar-refractivity contribution in [2.24, 2.45) is 5.92 Å².